The largest absolute Gasteiger partial charge is 0.481 e. The molecule has 6 rings (SSSR count). The molecule has 41 heavy (non-hydrogen) atoms. The third-order valence-corrected chi connectivity index (χ3v) is 13.4. The maximum atomic E-state index is 11.5. The summed E-state index contributed by atoms with van der Waals surface area (Å²) in [5.74, 6) is 2.55. The van der Waals surface area contributed by atoms with Crippen LogP contribution in [-0.4, -0.2) is 55.4 Å². The van der Waals surface area contributed by atoms with Crippen molar-refractivity contribution < 1.29 is 20.1 Å². The SMILES string of the molecule is CN1C(=S)CC[C@H]1c1cccnc1.C[C@H](CCC(=O)O)[C@H]1CC[C@H]2[C@@H]3CC[C@@H]4C[C@H](O)CC[C@]4(C)[C@H]3C[C@H](O)[C@]12C. The van der Waals surface area contributed by atoms with Crippen LogP contribution in [0.4, 0.5) is 0 Å². The predicted molar refractivity (Wildman–Crippen MR) is 165 cm³/mol. The van der Waals surface area contributed by atoms with Crippen LogP contribution in [0.1, 0.15) is 109 Å². The van der Waals surface area contributed by atoms with Crippen molar-refractivity contribution in [3.63, 3.8) is 0 Å². The molecule has 1 aliphatic heterocycles. The lowest BCUT2D eigenvalue weighted by molar-refractivity contribution is -0.175. The lowest BCUT2D eigenvalue weighted by Gasteiger charge is -2.62. The van der Waals surface area contributed by atoms with Gasteiger partial charge < -0.3 is 20.2 Å². The Labute approximate surface area is 252 Å². The summed E-state index contributed by atoms with van der Waals surface area (Å²) in [4.78, 5) is 18.4. The van der Waals surface area contributed by atoms with Crippen LogP contribution in [0.3, 0.4) is 0 Å². The number of carboxylic acid groups (broad SMARTS) is 1. The average molecular weight is 585 g/mol. The predicted octanol–water partition coefficient (Wildman–Crippen LogP) is 6.65. The number of aliphatic carboxylic acids is 1. The van der Waals surface area contributed by atoms with E-state index in [0.717, 1.165) is 56.4 Å². The summed E-state index contributed by atoms with van der Waals surface area (Å²) in [5.41, 5.74) is 1.48. The van der Waals surface area contributed by atoms with Gasteiger partial charge in [0.1, 0.15) is 0 Å². The summed E-state index contributed by atoms with van der Waals surface area (Å²) in [6.07, 6.45) is 15.1. The van der Waals surface area contributed by atoms with E-state index in [2.05, 4.69) is 43.8 Å². The van der Waals surface area contributed by atoms with Crippen LogP contribution in [0, 0.1) is 46.3 Å². The van der Waals surface area contributed by atoms with E-state index in [1.54, 1.807) is 6.20 Å². The first kappa shape index (κ1) is 30.9. The van der Waals surface area contributed by atoms with E-state index in [-0.39, 0.29) is 29.5 Å². The molecule has 4 saturated carbocycles. The Hall–Kier alpha value is -1.57. The number of fused-ring (bicyclic) bond motifs is 5. The summed E-state index contributed by atoms with van der Waals surface area (Å²) in [7, 11) is 2.06. The van der Waals surface area contributed by atoms with Crippen molar-refractivity contribution in [2.45, 2.75) is 116 Å². The van der Waals surface area contributed by atoms with Crippen LogP contribution in [0.2, 0.25) is 0 Å². The first-order chi connectivity index (χ1) is 19.5. The van der Waals surface area contributed by atoms with Gasteiger partial charge in [0.2, 0.25) is 0 Å². The van der Waals surface area contributed by atoms with Crippen LogP contribution >= 0.6 is 12.2 Å². The molecule has 0 aromatic carbocycles. The van der Waals surface area contributed by atoms with Crippen molar-refractivity contribution in [3.05, 3.63) is 30.1 Å². The number of thiocarbonyl (C=S) groups is 1. The fourth-order valence-electron chi connectivity index (χ4n) is 10.5. The zero-order valence-corrected chi connectivity index (χ0v) is 26.4. The molecular weight excluding hydrogens is 532 g/mol. The van der Waals surface area contributed by atoms with Gasteiger partial charge in [0.25, 0.3) is 0 Å². The van der Waals surface area contributed by atoms with Gasteiger partial charge in [-0.2, -0.15) is 0 Å². The minimum Gasteiger partial charge on any atom is -0.481 e. The number of carboxylic acids is 1. The second kappa shape index (κ2) is 12.2. The number of aliphatic hydroxyl groups is 2. The number of aromatic nitrogens is 1. The number of hydrogen-bond donors (Lipinski definition) is 3. The maximum Gasteiger partial charge on any atom is 0.303 e. The molecule has 0 radical (unpaired) electrons. The first-order valence-electron chi connectivity index (χ1n) is 16.2. The highest BCUT2D eigenvalue weighted by molar-refractivity contribution is 7.80. The van der Waals surface area contributed by atoms with Crippen LogP contribution < -0.4 is 0 Å². The van der Waals surface area contributed by atoms with Gasteiger partial charge in [-0.3, -0.25) is 9.78 Å². The number of likely N-dealkylation sites (tertiary alicyclic amines) is 1. The second-order valence-corrected chi connectivity index (χ2v) is 15.1. The molecule has 2 heterocycles. The van der Waals surface area contributed by atoms with E-state index in [0.29, 0.717) is 41.5 Å². The first-order valence-corrected chi connectivity index (χ1v) is 16.6. The van der Waals surface area contributed by atoms with Crippen LogP contribution in [0.15, 0.2) is 24.5 Å². The van der Waals surface area contributed by atoms with E-state index >= 15 is 0 Å². The molecule has 6 nitrogen and oxygen atoms in total. The monoisotopic (exact) mass is 584 g/mol. The number of pyridine rings is 1. The Morgan fingerprint density at radius 3 is 2.56 bits per heavy atom. The Morgan fingerprint density at radius 2 is 1.90 bits per heavy atom. The fraction of sp³-hybridized carbons (Fsp3) is 0.794. The van der Waals surface area contributed by atoms with E-state index in [4.69, 9.17) is 17.3 Å². The highest BCUT2D eigenvalue weighted by Gasteiger charge is 2.63. The van der Waals surface area contributed by atoms with Gasteiger partial charge in [-0.05, 0) is 122 Å². The Balaban J connectivity index is 0.000000216. The molecule has 3 N–H and O–H groups in total. The van der Waals surface area contributed by atoms with Gasteiger partial charge >= 0.3 is 5.97 Å². The van der Waals surface area contributed by atoms with E-state index in [1.807, 2.05) is 12.3 Å². The molecule has 11 atom stereocenters. The lowest BCUT2D eigenvalue weighted by atomic mass is 9.43. The molecule has 1 aromatic heterocycles. The normalized spacial score (nSPS) is 42.4. The summed E-state index contributed by atoms with van der Waals surface area (Å²) < 4.78 is 0. The van der Waals surface area contributed by atoms with Crippen molar-refractivity contribution >= 4 is 23.2 Å². The Morgan fingerprint density at radius 1 is 1.12 bits per heavy atom. The van der Waals surface area contributed by atoms with Crippen molar-refractivity contribution in [2.24, 2.45) is 46.3 Å². The van der Waals surface area contributed by atoms with Crippen molar-refractivity contribution in [1.82, 2.24) is 9.88 Å². The molecule has 7 heteroatoms. The molecule has 5 fully saturated rings. The zero-order chi connectivity index (χ0) is 29.5. The number of rotatable bonds is 5. The molecule has 1 saturated heterocycles. The molecule has 0 bridgehead atoms. The minimum absolute atomic E-state index is 0.0591. The summed E-state index contributed by atoms with van der Waals surface area (Å²) in [6, 6.07) is 4.54. The van der Waals surface area contributed by atoms with Crippen molar-refractivity contribution in [3.8, 4) is 0 Å². The van der Waals surface area contributed by atoms with Gasteiger partial charge in [-0.25, -0.2) is 0 Å². The van der Waals surface area contributed by atoms with Crippen molar-refractivity contribution in [2.75, 3.05) is 7.05 Å². The van der Waals surface area contributed by atoms with Gasteiger partial charge in [0.05, 0.1) is 23.2 Å². The molecule has 0 unspecified atom stereocenters. The quantitative estimate of drug-likeness (QED) is 0.334. The molecular formula is C34H52N2O4S. The van der Waals surface area contributed by atoms with Crippen LogP contribution in [0.5, 0.6) is 0 Å². The molecule has 1 aromatic rings. The van der Waals surface area contributed by atoms with Crippen LogP contribution in [0.25, 0.3) is 0 Å². The van der Waals surface area contributed by atoms with Gasteiger partial charge in [-0.1, -0.05) is 39.1 Å². The molecule has 5 aliphatic rings. The summed E-state index contributed by atoms with van der Waals surface area (Å²) >= 11 is 5.22. The van der Waals surface area contributed by atoms with Crippen LogP contribution in [-0.2, 0) is 4.79 Å². The van der Waals surface area contributed by atoms with E-state index in [1.165, 1.54) is 24.8 Å². The summed E-state index contributed by atoms with van der Waals surface area (Å²) in [5, 5.41) is 30.8. The number of hydrogen-bond acceptors (Lipinski definition) is 5. The van der Waals surface area contributed by atoms with Gasteiger partial charge in [-0.15, -0.1) is 0 Å². The number of nitrogens with zero attached hydrogens (tertiary/aromatic N) is 2. The lowest BCUT2D eigenvalue weighted by Crippen LogP contribution is -2.58. The topological polar surface area (TPSA) is 93.9 Å². The molecule has 228 valence electrons. The maximum absolute atomic E-state index is 11.5. The number of carbonyl (C=O) groups is 1. The molecule has 0 amide bonds. The van der Waals surface area contributed by atoms with E-state index < -0.39 is 5.97 Å². The Kier molecular flexibility index (Phi) is 9.19. The zero-order valence-electron chi connectivity index (χ0n) is 25.5. The second-order valence-electron chi connectivity index (χ2n) is 14.6. The average Bonchev–Trinajstić information content (AvgIpc) is 3.49. The summed E-state index contributed by atoms with van der Waals surface area (Å²) in [6.45, 7) is 6.99. The Bertz CT molecular complexity index is 1090. The smallest absolute Gasteiger partial charge is 0.303 e. The minimum atomic E-state index is -0.707. The highest BCUT2D eigenvalue weighted by atomic mass is 32.1. The number of aliphatic hydroxyl groups excluding tert-OH is 2. The van der Waals surface area contributed by atoms with Gasteiger partial charge in [0.15, 0.2) is 0 Å². The molecule has 4 aliphatic carbocycles. The standard InChI is InChI=1S/C24H40O4.C10H12N2S/c1-14(4-9-22(27)28)18-7-8-19-17-6-5-15-12-16(25)10-11-23(15,2)20(17)13-21(26)24(18,19)3;1-12-9(4-5-10(12)13)8-3-2-6-11-7-8/h14-21,25-26H,4-13H2,1-3H3,(H,27,28);2-3,6-7,9H,4-5H2,1H3/t14-,15-,16-,17+,18-,19+,20+,21+,23+,24-;9-/m10/s1. The molecule has 0 spiro atoms. The highest BCUT2D eigenvalue weighted by Crippen LogP contribution is 2.68. The third-order valence-electron chi connectivity index (χ3n) is 12.9. The third kappa shape index (κ3) is 5.72. The van der Waals surface area contributed by atoms with Crippen molar-refractivity contribution in [1.29, 1.82) is 0 Å². The van der Waals surface area contributed by atoms with Gasteiger partial charge in [0, 0.05) is 32.3 Å². The van der Waals surface area contributed by atoms with E-state index in [9.17, 15) is 15.0 Å². The fourth-order valence-corrected chi connectivity index (χ4v) is 10.7.